The first-order chi connectivity index (χ1) is 9.15. The Bertz CT molecular complexity index is 389. The van der Waals surface area contributed by atoms with Crippen LogP contribution < -0.4 is 4.74 Å². The van der Waals surface area contributed by atoms with Gasteiger partial charge in [0.2, 0.25) is 0 Å². The van der Waals surface area contributed by atoms with E-state index < -0.39 is 5.97 Å². The highest BCUT2D eigenvalue weighted by Gasteiger charge is 2.09. The molecule has 1 N–H and O–H groups in total. The third-order valence-corrected chi connectivity index (χ3v) is 2.79. The molecule has 1 atom stereocenters. The van der Waals surface area contributed by atoms with E-state index in [1.807, 2.05) is 0 Å². The number of carbonyl (C=O) groups is 1. The average Bonchev–Trinajstić information content (AvgIpc) is 2.39. The summed E-state index contributed by atoms with van der Waals surface area (Å²) in [5, 5.41) is 8.99. The number of carboxylic acid groups (broad SMARTS) is 1. The second-order valence-corrected chi connectivity index (χ2v) is 4.62. The number of benzene rings is 1. The summed E-state index contributed by atoms with van der Waals surface area (Å²) in [4.78, 5) is 11.0. The van der Waals surface area contributed by atoms with E-state index in [0.717, 1.165) is 19.4 Å². The lowest BCUT2D eigenvalue weighted by molar-refractivity contribution is 0.0669. The van der Waals surface area contributed by atoms with Crippen LogP contribution in [0.2, 0.25) is 0 Å². The fraction of sp³-hybridized carbons (Fsp3) is 0.533. The second-order valence-electron chi connectivity index (χ2n) is 4.62. The summed E-state index contributed by atoms with van der Waals surface area (Å²) < 4.78 is 10.9. The predicted octanol–water partition coefficient (Wildman–Crippen LogP) is 3.22. The van der Waals surface area contributed by atoms with Gasteiger partial charge >= 0.3 is 5.97 Å². The quantitative estimate of drug-likeness (QED) is 0.697. The molecule has 1 aromatic rings. The Balaban J connectivity index is 2.28. The summed E-state index contributed by atoms with van der Waals surface area (Å²) in [6, 6.07) is 6.62. The van der Waals surface area contributed by atoms with E-state index in [4.69, 9.17) is 14.6 Å². The summed E-state index contributed by atoms with van der Waals surface area (Å²) in [6.45, 7) is 5.87. The number of hydrogen-bond donors (Lipinski definition) is 1. The molecule has 0 radical (unpaired) electrons. The lowest BCUT2D eigenvalue weighted by atomic mass is 10.1. The molecule has 0 fully saturated rings. The molecular formula is C15H22O4. The molecule has 0 saturated heterocycles. The van der Waals surface area contributed by atoms with Gasteiger partial charge in [0.05, 0.1) is 6.61 Å². The summed E-state index contributed by atoms with van der Waals surface area (Å²) >= 11 is 0. The average molecular weight is 266 g/mol. The minimum atomic E-state index is -0.979. The van der Waals surface area contributed by atoms with Gasteiger partial charge in [-0.3, -0.25) is 0 Å². The monoisotopic (exact) mass is 266 g/mol. The molecule has 0 aliphatic rings. The fourth-order valence-electron chi connectivity index (χ4n) is 1.84. The van der Waals surface area contributed by atoms with Crippen LogP contribution in [0.5, 0.6) is 5.75 Å². The van der Waals surface area contributed by atoms with Crippen molar-refractivity contribution < 1.29 is 19.4 Å². The van der Waals surface area contributed by atoms with Crippen LogP contribution in [0.25, 0.3) is 0 Å². The molecule has 0 amide bonds. The standard InChI is InChI=1S/C15H22O4/c1-3-6-12(2)11-18-9-10-19-14-8-5-4-7-13(14)15(16)17/h4-5,7-8,12H,3,6,9-11H2,1-2H3,(H,16,17). The summed E-state index contributed by atoms with van der Waals surface area (Å²) in [7, 11) is 0. The molecule has 0 aliphatic heterocycles. The van der Waals surface area contributed by atoms with Crippen molar-refractivity contribution in [3.05, 3.63) is 29.8 Å². The smallest absolute Gasteiger partial charge is 0.339 e. The Morgan fingerprint density at radius 2 is 2.05 bits per heavy atom. The maximum atomic E-state index is 11.0. The fourth-order valence-corrected chi connectivity index (χ4v) is 1.84. The third-order valence-electron chi connectivity index (χ3n) is 2.79. The number of ether oxygens (including phenoxy) is 2. The van der Waals surface area contributed by atoms with Gasteiger partial charge in [0, 0.05) is 6.61 Å². The van der Waals surface area contributed by atoms with E-state index >= 15 is 0 Å². The molecule has 0 spiro atoms. The number of aromatic carboxylic acids is 1. The molecule has 1 aromatic carbocycles. The molecule has 19 heavy (non-hydrogen) atoms. The first kappa shape index (κ1) is 15.5. The Kier molecular flexibility index (Phi) is 6.97. The maximum absolute atomic E-state index is 11.0. The molecule has 1 rings (SSSR count). The Morgan fingerprint density at radius 1 is 1.32 bits per heavy atom. The van der Waals surface area contributed by atoms with Gasteiger partial charge in [0.15, 0.2) is 0 Å². The van der Waals surface area contributed by atoms with Crippen molar-refractivity contribution in [2.75, 3.05) is 19.8 Å². The van der Waals surface area contributed by atoms with Gasteiger partial charge in [0.1, 0.15) is 17.9 Å². The first-order valence-electron chi connectivity index (χ1n) is 6.68. The van der Waals surface area contributed by atoms with Gasteiger partial charge in [-0.1, -0.05) is 32.4 Å². The van der Waals surface area contributed by atoms with Crippen molar-refractivity contribution in [2.45, 2.75) is 26.7 Å². The predicted molar refractivity (Wildman–Crippen MR) is 73.8 cm³/mol. The zero-order valence-electron chi connectivity index (χ0n) is 11.6. The summed E-state index contributed by atoms with van der Waals surface area (Å²) in [6.07, 6.45) is 2.32. The molecule has 106 valence electrons. The minimum Gasteiger partial charge on any atom is -0.490 e. The number of rotatable bonds is 9. The molecule has 0 aliphatic carbocycles. The van der Waals surface area contributed by atoms with E-state index in [9.17, 15) is 4.79 Å². The number of carboxylic acids is 1. The molecule has 4 heteroatoms. The normalized spacial score (nSPS) is 12.1. The largest absolute Gasteiger partial charge is 0.490 e. The topological polar surface area (TPSA) is 55.8 Å². The zero-order chi connectivity index (χ0) is 14.1. The van der Waals surface area contributed by atoms with Gasteiger partial charge < -0.3 is 14.6 Å². The van der Waals surface area contributed by atoms with Gasteiger partial charge in [-0.2, -0.15) is 0 Å². The summed E-state index contributed by atoms with van der Waals surface area (Å²) in [5.41, 5.74) is 0.182. The molecule has 0 aromatic heterocycles. The van der Waals surface area contributed by atoms with Crippen molar-refractivity contribution in [2.24, 2.45) is 5.92 Å². The van der Waals surface area contributed by atoms with E-state index in [-0.39, 0.29) is 5.56 Å². The zero-order valence-corrected chi connectivity index (χ0v) is 11.6. The van der Waals surface area contributed by atoms with E-state index in [2.05, 4.69) is 13.8 Å². The van der Waals surface area contributed by atoms with Crippen molar-refractivity contribution in [3.8, 4) is 5.75 Å². The van der Waals surface area contributed by atoms with Crippen molar-refractivity contribution in [3.63, 3.8) is 0 Å². The SMILES string of the molecule is CCCC(C)COCCOc1ccccc1C(=O)O. The summed E-state index contributed by atoms with van der Waals surface area (Å²) in [5.74, 6) is -0.0374. The van der Waals surface area contributed by atoms with Gasteiger partial charge in [-0.15, -0.1) is 0 Å². The minimum absolute atomic E-state index is 0.182. The van der Waals surface area contributed by atoms with Crippen LogP contribution in [0.4, 0.5) is 0 Å². The van der Waals surface area contributed by atoms with Crippen molar-refractivity contribution >= 4 is 5.97 Å². The Labute approximate surface area is 114 Å². The Morgan fingerprint density at radius 3 is 2.74 bits per heavy atom. The van der Waals surface area contributed by atoms with E-state index in [1.54, 1.807) is 18.2 Å². The van der Waals surface area contributed by atoms with Gasteiger partial charge in [0.25, 0.3) is 0 Å². The molecule has 0 saturated carbocycles. The molecule has 0 heterocycles. The lowest BCUT2D eigenvalue weighted by Crippen LogP contribution is -2.13. The second kappa shape index (κ2) is 8.53. The number of hydrogen-bond acceptors (Lipinski definition) is 3. The molecule has 4 nitrogen and oxygen atoms in total. The van der Waals surface area contributed by atoms with Crippen LogP contribution in [0.1, 0.15) is 37.0 Å². The van der Waals surface area contributed by atoms with Crippen LogP contribution in [-0.2, 0) is 4.74 Å². The third kappa shape index (κ3) is 5.75. The van der Waals surface area contributed by atoms with Crippen molar-refractivity contribution in [1.82, 2.24) is 0 Å². The Hall–Kier alpha value is -1.55. The molecule has 0 bridgehead atoms. The van der Waals surface area contributed by atoms with Crippen LogP contribution in [-0.4, -0.2) is 30.9 Å². The molecular weight excluding hydrogens is 244 g/mol. The van der Waals surface area contributed by atoms with Crippen LogP contribution in [0.3, 0.4) is 0 Å². The van der Waals surface area contributed by atoms with E-state index in [0.29, 0.717) is 24.9 Å². The van der Waals surface area contributed by atoms with Crippen LogP contribution >= 0.6 is 0 Å². The van der Waals surface area contributed by atoms with Crippen molar-refractivity contribution in [1.29, 1.82) is 0 Å². The first-order valence-corrected chi connectivity index (χ1v) is 6.68. The lowest BCUT2D eigenvalue weighted by Gasteiger charge is -2.12. The van der Waals surface area contributed by atoms with Crippen LogP contribution in [0, 0.1) is 5.92 Å². The highest BCUT2D eigenvalue weighted by molar-refractivity contribution is 5.90. The maximum Gasteiger partial charge on any atom is 0.339 e. The van der Waals surface area contributed by atoms with E-state index in [1.165, 1.54) is 6.07 Å². The number of para-hydroxylation sites is 1. The highest BCUT2D eigenvalue weighted by atomic mass is 16.5. The van der Waals surface area contributed by atoms with Crippen LogP contribution in [0.15, 0.2) is 24.3 Å². The highest BCUT2D eigenvalue weighted by Crippen LogP contribution is 2.17. The van der Waals surface area contributed by atoms with Gasteiger partial charge in [-0.25, -0.2) is 4.79 Å². The van der Waals surface area contributed by atoms with Gasteiger partial charge in [-0.05, 0) is 24.5 Å². The molecule has 1 unspecified atom stereocenters.